The van der Waals surface area contributed by atoms with Gasteiger partial charge in [0.2, 0.25) is 15.8 Å². The van der Waals surface area contributed by atoms with Gasteiger partial charge in [-0.05, 0) is 116 Å². The highest BCUT2D eigenvalue weighted by Crippen LogP contribution is 2.62. The molecule has 3 aliphatic rings. The van der Waals surface area contributed by atoms with Gasteiger partial charge in [-0.15, -0.1) is 6.58 Å². The molecule has 2 aliphatic carbocycles. The number of fused-ring (bicyclic) bond motifs is 3. The highest BCUT2D eigenvalue weighted by Gasteiger charge is 2.65. The van der Waals surface area contributed by atoms with E-state index in [9.17, 15) is 10.2 Å². The Morgan fingerprint density at radius 1 is 0.906 bits per heavy atom. The Morgan fingerprint density at radius 2 is 1.66 bits per heavy atom. The van der Waals surface area contributed by atoms with E-state index in [1.807, 2.05) is 72.8 Å². The van der Waals surface area contributed by atoms with Crippen LogP contribution in [0.5, 0.6) is 17.2 Å². The standard InChI is InChI=1S/C52H59N3O8S/c1-5-29-60-52-48(55(4)64(58,59)47-21-13-18-38-19-14-26-53-51(38)47)33-45(54-61-34-37-15-7-6-8-16-37)43-31-39(17-9-11-27-56)42(20-10-12-28-57)49(50(43)52)44-32-41(24-25-46(44)63-52)62-40-23-22-35(2)36(3)30-40/h5-8,13-16,18-19,21-26,30-32,39,42,48-50,56-57H,1,9-12,17,20,27-29,33-34H2,2-4H3. The number of sulfonamides is 1. The van der Waals surface area contributed by atoms with Crippen LogP contribution in [0.1, 0.15) is 73.1 Å². The first-order chi connectivity index (χ1) is 31.1. The van der Waals surface area contributed by atoms with Gasteiger partial charge in [0.05, 0.1) is 29.8 Å². The summed E-state index contributed by atoms with van der Waals surface area (Å²) in [4.78, 5) is 10.8. The normalized spacial score (nSPS) is 23.2. The van der Waals surface area contributed by atoms with Crippen molar-refractivity contribution >= 4 is 26.6 Å². The van der Waals surface area contributed by atoms with Crippen LogP contribution < -0.4 is 9.47 Å². The quantitative estimate of drug-likeness (QED) is 0.0471. The second-order valence-electron chi connectivity index (χ2n) is 17.2. The Bertz CT molecular complexity index is 2610. The van der Waals surface area contributed by atoms with Crippen molar-refractivity contribution in [2.24, 2.45) is 22.9 Å². The molecule has 4 aromatic carbocycles. The molecular formula is C52H59N3O8S. The number of aromatic nitrogens is 1. The van der Waals surface area contributed by atoms with Gasteiger partial charge in [0.15, 0.2) is 0 Å². The number of para-hydroxylation sites is 1. The van der Waals surface area contributed by atoms with Gasteiger partial charge in [-0.25, -0.2) is 8.42 Å². The summed E-state index contributed by atoms with van der Waals surface area (Å²) in [7, 11) is -2.68. The topological polar surface area (TPSA) is 140 Å². The fraction of sp³-hybridized carbons (Fsp3) is 0.385. The summed E-state index contributed by atoms with van der Waals surface area (Å²) in [6, 6.07) is 29.6. The van der Waals surface area contributed by atoms with Crippen molar-refractivity contribution < 1.29 is 37.7 Å². The summed E-state index contributed by atoms with van der Waals surface area (Å²) in [5.41, 5.74) is 6.01. The third-order valence-corrected chi connectivity index (χ3v) is 15.2. The molecular weight excluding hydrogens is 827 g/mol. The summed E-state index contributed by atoms with van der Waals surface area (Å²) >= 11 is 0. The second kappa shape index (κ2) is 19.8. The summed E-state index contributed by atoms with van der Waals surface area (Å²) in [5.74, 6) is -0.471. The van der Waals surface area contributed by atoms with Crippen molar-refractivity contribution in [2.75, 3.05) is 26.9 Å². The van der Waals surface area contributed by atoms with Crippen LogP contribution in [0.2, 0.25) is 0 Å². The first-order valence-electron chi connectivity index (χ1n) is 22.4. The Labute approximate surface area is 377 Å². The lowest BCUT2D eigenvalue weighted by molar-refractivity contribution is -0.250. The number of aliphatic hydroxyl groups excluding tert-OH is 2. The minimum absolute atomic E-state index is 0.000337. The average Bonchev–Trinajstić information content (AvgIpc) is 3.30. The van der Waals surface area contributed by atoms with Gasteiger partial charge in [-0.2, -0.15) is 4.31 Å². The Hall–Kier alpha value is -5.37. The van der Waals surface area contributed by atoms with Crippen LogP contribution in [0.25, 0.3) is 10.9 Å². The van der Waals surface area contributed by atoms with E-state index in [4.69, 9.17) is 24.2 Å². The summed E-state index contributed by atoms with van der Waals surface area (Å²) in [6.45, 7) is 8.61. The molecule has 0 spiro atoms. The number of ether oxygens (including phenoxy) is 3. The number of nitrogens with zero attached hydrogens (tertiary/aromatic N) is 3. The highest BCUT2D eigenvalue weighted by molar-refractivity contribution is 7.89. The number of aryl methyl sites for hydroxylation is 2. The van der Waals surface area contributed by atoms with Gasteiger partial charge < -0.3 is 29.3 Å². The first-order valence-corrected chi connectivity index (χ1v) is 23.8. The van der Waals surface area contributed by atoms with Crippen LogP contribution in [0.4, 0.5) is 0 Å². The molecule has 12 heteroatoms. The van der Waals surface area contributed by atoms with Gasteiger partial charge in [0, 0.05) is 49.7 Å². The van der Waals surface area contributed by atoms with E-state index in [1.165, 1.54) is 9.87 Å². The van der Waals surface area contributed by atoms with E-state index in [0.717, 1.165) is 47.9 Å². The molecule has 2 heterocycles. The molecule has 2 N–H and O–H groups in total. The van der Waals surface area contributed by atoms with Gasteiger partial charge in [-0.1, -0.05) is 84.7 Å². The third-order valence-electron chi connectivity index (χ3n) is 13.3. The van der Waals surface area contributed by atoms with Gasteiger partial charge in [0.1, 0.15) is 28.8 Å². The fourth-order valence-electron chi connectivity index (χ4n) is 10.0. The number of unbranched alkanes of at least 4 members (excludes halogenated alkanes) is 2. The number of likely N-dealkylation sites (N-methyl/N-ethyl adjacent to an activating group) is 1. The van der Waals surface area contributed by atoms with Gasteiger partial charge >= 0.3 is 0 Å². The molecule has 64 heavy (non-hydrogen) atoms. The molecule has 0 amide bonds. The van der Waals surface area contributed by atoms with Crippen LogP contribution in [-0.2, 0) is 26.2 Å². The third kappa shape index (κ3) is 8.99. The average molecular weight is 886 g/mol. The monoisotopic (exact) mass is 885 g/mol. The zero-order valence-electron chi connectivity index (χ0n) is 36.9. The number of pyridine rings is 1. The largest absolute Gasteiger partial charge is 0.460 e. The molecule has 1 fully saturated rings. The number of aliphatic hydroxyl groups is 2. The molecule has 0 saturated heterocycles. The second-order valence-corrected chi connectivity index (χ2v) is 19.2. The number of oxime groups is 1. The van der Waals surface area contributed by atoms with Crippen molar-refractivity contribution in [1.82, 2.24) is 9.29 Å². The fourth-order valence-corrected chi connectivity index (χ4v) is 11.6. The maximum atomic E-state index is 15.2. The van der Waals surface area contributed by atoms with E-state index < -0.39 is 27.8 Å². The number of allylic oxidation sites excluding steroid dienone is 1. The van der Waals surface area contributed by atoms with Gasteiger partial charge in [0.25, 0.3) is 0 Å². The lowest BCUT2D eigenvalue weighted by Gasteiger charge is -2.59. The maximum Gasteiger partial charge on any atom is 0.245 e. The van der Waals surface area contributed by atoms with Gasteiger partial charge in [-0.3, -0.25) is 4.98 Å². The molecule has 1 saturated carbocycles. The Kier molecular flexibility index (Phi) is 14.0. The van der Waals surface area contributed by atoms with Crippen LogP contribution in [-0.4, -0.2) is 72.3 Å². The van der Waals surface area contributed by atoms with Crippen molar-refractivity contribution in [1.29, 1.82) is 0 Å². The van der Waals surface area contributed by atoms with E-state index in [2.05, 4.69) is 37.6 Å². The predicted octanol–water partition coefficient (Wildman–Crippen LogP) is 9.80. The molecule has 0 radical (unpaired) electrons. The van der Waals surface area contributed by atoms with Crippen molar-refractivity contribution in [2.45, 2.75) is 88.0 Å². The Balaban J connectivity index is 1.34. The highest BCUT2D eigenvalue weighted by atomic mass is 32.2. The van der Waals surface area contributed by atoms with Crippen molar-refractivity contribution in [3.63, 3.8) is 0 Å². The summed E-state index contributed by atoms with van der Waals surface area (Å²) < 4.78 is 52.8. The molecule has 1 aliphatic heterocycles. The van der Waals surface area contributed by atoms with Crippen molar-refractivity contribution in [3.05, 3.63) is 150 Å². The minimum atomic E-state index is -4.27. The molecule has 11 nitrogen and oxygen atoms in total. The Morgan fingerprint density at radius 3 is 2.42 bits per heavy atom. The van der Waals surface area contributed by atoms with Crippen LogP contribution >= 0.6 is 0 Å². The van der Waals surface area contributed by atoms with E-state index >= 15 is 8.42 Å². The molecule has 6 unspecified atom stereocenters. The molecule has 1 aromatic heterocycles. The minimum Gasteiger partial charge on any atom is -0.460 e. The number of benzene rings is 4. The van der Waals surface area contributed by atoms with Crippen LogP contribution in [0.15, 0.2) is 138 Å². The molecule has 5 aromatic rings. The molecule has 6 atom stereocenters. The van der Waals surface area contributed by atoms with Crippen LogP contribution in [0, 0.1) is 31.6 Å². The smallest absolute Gasteiger partial charge is 0.245 e. The number of rotatable bonds is 19. The summed E-state index contributed by atoms with van der Waals surface area (Å²) in [5, 5.41) is 25.6. The van der Waals surface area contributed by atoms with E-state index in [1.54, 1.807) is 37.5 Å². The molecule has 0 bridgehead atoms. The maximum absolute atomic E-state index is 15.2. The number of hydrogen-bond acceptors (Lipinski definition) is 10. The zero-order chi connectivity index (χ0) is 44.8. The van der Waals surface area contributed by atoms with Crippen LogP contribution in [0.3, 0.4) is 0 Å². The number of hydrogen-bond donors (Lipinski definition) is 2. The molecule has 8 rings (SSSR count). The summed E-state index contributed by atoms with van der Waals surface area (Å²) in [6.07, 6.45) is 10.1. The predicted molar refractivity (Wildman–Crippen MR) is 249 cm³/mol. The SMILES string of the molecule is C=CCOC12Oc3ccc(Oc4ccc(C)c(C)c4)cc3C3C(CCCCO)C(CCCCO)C=C(C(=NOCc4ccccc4)CC1N(C)S(=O)(=O)c1cccc4cccnc14)C32. The van der Waals surface area contributed by atoms with E-state index in [0.29, 0.717) is 46.7 Å². The first kappa shape index (κ1) is 45.2. The van der Waals surface area contributed by atoms with Crippen molar-refractivity contribution in [3.8, 4) is 17.2 Å². The zero-order valence-corrected chi connectivity index (χ0v) is 37.8. The van der Waals surface area contributed by atoms with E-state index in [-0.39, 0.29) is 55.5 Å². The molecule has 336 valence electrons. The lowest BCUT2D eigenvalue weighted by atomic mass is 9.55. The lowest BCUT2D eigenvalue weighted by Crippen LogP contribution is -2.69.